The molecule has 3 N–H and O–H groups in total. The topological polar surface area (TPSA) is 93.4 Å². The van der Waals surface area contributed by atoms with Crippen molar-refractivity contribution < 1.29 is 9.53 Å². The van der Waals surface area contributed by atoms with Crippen LogP contribution in [0, 0.1) is 12.8 Å². The third-order valence-corrected chi connectivity index (χ3v) is 5.61. The average molecular weight is 398 g/mol. The van der Waals surface area contributed by atoms with Crippen molar-refractivity contribution in [3.05, 3.63) is 41.5 Å². The molecule has 1 aromatic heterocycles. The zero-order valence-corrected chi connectivity index (χ0v) is 17.5. The number of carbonyl (C=O) groups excluding carboxylic acids is 1. The number of nitrogens with two attached hydrogens (primary N) is 1. The van der Waals surface area contributed by atoms with Gasteiger partial charge in [0.2, 0.25) is 17.7 Å². The van der Waals surface area contributed by atoms with Crippen LogP contribution in [0.1, 0.15) is 37.3 Å². The number of amides is 1. The van der Waals surface area contributed by atoms with Gasteiger partial charge in [-0.3, -0.25) is 4.79 Å². The number of nitrogens with zero attached hydrogens (tertiary/aromatic N) is 3. The monoisotopic (exact) mass is 397 g/mol. The number of hydrogen-bond donors (Lipinski definition) is 2. The Labute approximate surface area is 172 Å². The molecule has 0 radical (unpaired) electrons. The van der Waals surface area contributed by atoms with E-state index >= 15 is 0 Å². The summed E-state index contributed by atoms with van der Waals surface area (Å²) in [6.07, 6.45) is 3.14. The second-order valence-corrected chi connectivity index (χ2v) is 7.69. The van der Waals surface area contributed by atoms with E-state index in [2.05, 4.69) is 58.3 Å². The number of aromatic nitrogens is 2. The predicted octanol–water partition coefficient (Wildman–Crippen LogP) is 2.73. The number of ether oxygens (including phenoxy) is 1. The van der Waals surface area contributed by atoms with Gasteiger partial charge in [0, 0.05) is 31.6 Å². The van der Waals surface area contributed by atoms with Gasteiger partial charge < -0.3 is 20.7 Å². The summed E-state index contributed by atoms with van der Waals surface area (Å²) in [4.78, 5) is 23.1. The Balaban J connectivity index is 1.56. The van der Waals surface area contributed by atoms with Crippen LogP contribution >= 0.6 is 0 Å². The van der Waals surface area contributed by atoms with Crippen molar-refractivity contribution in [2.75, 3.05) is 30.8 Å². The molecule has 0 aliphatic carbocycles. The minimum Gasteiger partial charge on any atom is -0.481 e. The van der Waals surface area contributed by atoms with Gasteiger partial charge in [0.05, 0.1) is 7.11 Å². The lowest BCUT2D eigenvalue weighted by molar-refractivity contribution is -0.122. The fourth-order valence-electron chi connectivity index (χ4n) is 3.83. The van der Waals surface area contributed by atoms with E-state index in [0.29, 0.717) is 18.2 Å². The Morgan fingerprint density at radius 2 is 2.07 bits per heavy atom. The van der Waals surface area contributed by atoms with Crippen LogP contribution in [0.2, 0.25) is 0 Å². The predicted molar refractivity (Wildman–Crippen MR) is 115 cm³/mol. The maximum absolute atomic E-state index is 12.5. The van der Waals surface area contributed by atoms with Gasteiger partial charge in [0.25, 0.3) is 0 Å². The Bertz CT molecular complexity index is 824. The highest BCUT2D eigenvalue weighted by molar-refractivity contribution is 5.76. The number of aryl methyl sites for hydroxylation is 2. The van der Waals surface area contributed by atoms with E-state index in [1.165, 1.54) is 11.1 Å². The summed E-state index contributed by atoms with van der Waals surface area (Å²) in [5.41, 5.74) is 8.24. The molecular formula is C22H31N5O2. The molecule has 1 fully saturated rings. The lowest BCUT2D eigenvalue weighted by atomic mass is 9.89. The van der Waals surface area contributed by atoms with Crippen LogP contribution in [-0.4, -0.2) is 42.1 Å². The van der Waals surface area contributed by atoms with Crippen molar-refractivity contribution in [1.29, 1.82) is 0 Å². The molecule has 1 saturated heterocycles. The summed E-state index contributed by atoms with van der Waals surface area (Å²) in [6.45, 7) is 5.85. The Morgan fingerprint density at radius 3 is 2.76 bits per heavy atom. The van der Waals surface area contributed by atoms with E-state index in [0.717, 1.165) is 38.2 Å². The van der Waals surface area contributed by atoms with E-state index < -0.39 is 0 Å². The Kier molecular flexibility index (Phi) is 6.90. The summed E-state index contributed by atoms with van der Waals surface area (Å²) in [6, 6.07) is 10.4. The van der Waals surface area contributed by atoms with Crippen molar-refractivity contribution in [3.8, 4) is 5.88 Å². The van der Waals surface area contributed by atoms with Crippen LogP contribution in [0.4, 0.5) is 11.8 Å². The summed E-state index contributed by atoms with van der Waals surface area (Å²) in [5, 5.41) is 3.26. The fourth-order valence-corrected chi connectivity index (χ4v) is 3.83. The second-order valence-electron chi connectivity index (χ2n) is 7.69. The zero-order valence-electron chi connectivity index (χ0n) is 17.5. The number of methoxy groups -OCH3 is 1. The second kappa shape index (κ2) is 9.58. The van der Waals surface area contributed by atoms with Gasteiger partial charge in [-0.1, -0.05) is 36.8 Å². The number of rotatable bonds is 7. The van der Waals surface area contributed by atoms with Gasteiger partial charge in [-0.05, 0) is 37.7 Å². The van der Waals surface area contributed by atoms with Gasteiger partial charge in [0.1, 0.15) is 5.82 Å². The Morgan fingerprint density at radius 1 is 1.31 bits per heavy atom. The highest BCUT2D eigenvalue weighted by Crippen LogP contribution is 2.26. The molecule has 156 valence electrons. The average Bonchev–Trinajstić information content (AvgIpc) is 2.73. The fraction of sp³-hybridized carbons (Fsp3) is 0.500. The van der Waals surface area contributed by atoms with Gasteiger partial charge in [0.15, 0.2) is 0 Å². The number of nitrogen functional groups attached to an aromatic ring is 1. The first-order valence-corrected chi connectivity index (χ1v) is 10.3. The molecule has 1 amide bonds. The van der Waals surface area contributed by atoms with E-state index in [4.69, 9.17) is 10.5 Å². The van der Waals surface area contributed by atoms with Crippen molar-refractivity contribution >= 4 is 17.7 Å². The lowest BCUT2D eigenvalue weighted by Gasteiger charge is -2.39. The smallest absolute Gasteiger partial charge is 0.225 e. The van der Waals surface area contributed by atoms with Crippen LogP contribution in [0.25, 0.3) is 0 Å². The first kappa shape index (κ1) is 20.9. The highest BCUT2D eigenvalue weighted by Gasteiger charge is 2.30. The normalized spacial score (nSPS) is 19.1. The molecule has 1 aromatic carbocycles. The largest absolute Gasteiger partial charge is 0.481 e. The van der Waals surface area contributed by atoms with Gasteiger partial charge >= 0.3 is 0 Å². The van der Waals surface area contributed by atoms with E-state index in [1.807, 2.05) is 6.07 Å². The molecule has 29 heavy (non-hydrogen) atoms. The number of piperidine rings is 1. The van der Waals surface area contributed by atoms with Crippen LogP contribution in [0.3, 0.4) is 0 Å². The molecule has 7 nitrogen and oxygen atoms in total. The summed E-state index contributed by atoms with van der Waals surface area (Å²) >= 11 is 0. The summed E-state index contributed by atoms with van der Waals surface area (Å²) in [7, 11) is 1.57. The first-order valence-electron chi connectivity index (χ1n) is 10.3. The molecule has 0 bridgehead atoms. The number of anilines is 2. The molecule has 0 unspecified atom stereocenters. The summed E-state index contributed by atoms with van der Waals surface area (Å²) in [5.74, 6) is 1.92. The first-order chi connectivity index (χ1) is 14.0. The molecule has 7 heteroatoms. The number of carbonyl (C=O) groups is 1. The zero-order chi connectivity index (χ0) is 20.8. The molecule has 2 heterocycles. The third-order valence-electron chi connectivity index (χ3n) is 5.61. The highest BCUT2D eigenvalue weighted by atomic mass is 16.5. The molecule has 2 aromatic rings. The van der Waals surface area contributed by atoms with E-state index in [1.54, 1.807) is 7.11 Å². The number of benzene rings is 1. The molecular weight excluding hydrogens is 366 g/mol. The maximum atomic E-state index is 12.5. The Hall–Kier alpha value is -2.83. The minimum absolute atomic E-state index is 0.121. The van der Waals surface area contributed by atoms with Crippen LogP contribution in [-0.2, 0) is 11.2 Å². The molecule has 0 spiro atoms. The minimum atomic E-state index is 0.121. The number of hydrogen-bond acceptors (Lipinski definition) is 6. The number of nitrogens with one attached hydrogen (secondary N) is 1. The summed E-state index contributed by atoms with van der Waals surface area (Å²) < 4.78 is 5.21. The molecule has 3 rings (SSSR count). The van der Waals surface area contributed by atoms with Crippen molar-refractivity contribution in [1.82, 2.24) is 15.3 Å². The SMILES string of the molecule is CC[C@@H]1CN(c2cc(OC)nc(N)n2)CC[C@@H]1NC(=O)CCc1ccc(C)cc1. The van der Waals surface area contributed by atoms with Crippen LogP contribution < -0.4 is 20.7 Å². The van der Waals surface area contributed by atoms with Crippen LogP contribution in [0.15, 0.2) is 30.3 Å². The van der Waals surface area contributed by atoms with Crippen molar-refractivity contribution in [2.24, 2.45) is 5.92 Å². The standard InChI is InChI=1S/C22H31N5O2/c1-4-17-14-27(19-13-21(29-3)26-22(23)25-19)12-11-18(17)24-20(28)10-9-16-7-5-15(2)6-8-16/h5-8,13,17-18H,4,9-12,14H2,1-3H3,(H,24,28)(H2,23,25,26)/t17-,18+/m1/s1. The van der Waals surface area contributed by atoms with Gasteiger partial charge in [-0.15, -0.1) is 0 Å². The molecule has 1 aliphatic rings. The quantitative estimate of drug-likeness (QED) is 0.746. The van der Waals surface area contributed by atoms with Crippen LogP contribution in [0.5, 0.6) is 5.88 Å². The molecule has 0 saturated carbocycles. The molecule has 2 atom stereocenters. The van der Waals surface area contributed by atoms with Crippen molar-refractivity contribution in [2.45, 2.75) is 45.6 Å². The molecule has 1 aliphatic heterocycles. The third kappa shape index (κ3) is 5.59. The van der Waals surface area contributed by atoms with Crippen molar-refractivity contribution in [3.63, 3.8) is 0 Å². The van der Waals surface area contributed by atoms with E-state index in [-0.39, 0.29) is 17.9 Å². The maximum Gasteiger partial charge on any atom is 0.225 e. The van der Waals surface area contributed by atoms with E-state index in [9.17, 15) is 4.79 Å². The van der Waals surface area contributed by atoms with Gasteiger partial charge in [-0.25, -0.2) is 0 Å². The van der Waals surface area contributed by atoms with Gasteiger partial charge in [-0.2, -0.15) is 9.97 Å². The lowest BCUT2D eigenvalue weighted by Crippen LogP contribution is -2.51.